The summed E-state index contributed by atoms with van der Waals surface area (Å²) in [6.07, 6.45) is 14.2. The Kier molecular flexibility index (Phi) is 5.92. The lowest BCUT2D eigenvalue weighted by atomic mass is 9.80. The van der Waals surface area contributed by atoms with E-state index in [0.29, 0.717) is 5.92 Å². The van der Waals surface area contributed by atoms with Gasteiger partial charge in [-0.15, -0.1) is 0 Å². The summed E-state index contributed by atoms with van der Waals surface area (Å²) in [6, 6.07) is 42.2. The SMILES string of the molecule is C=C1C2=C(c3ccccc3C3=CN=C4C=CC=CC4C3)C(c3ccc(-c4ccc5ccccc5c4)cc3)C=C2c2ccccc21. The average molecular weight is 574 g/mol. The van der Waals surface area contributed by atoms with Gasteiger partial charge < -0.3 is 0 Å². The molecule has 2 atom stereocenters. The van der Waals surface area contributed by atoms with Crippen LogP contribution in [0.4, 0.5) is 0 Å². The van der Waals surface area contributed by atoms with Gasteiger partial charge in [-0.05, 0) is 96.1 Å². The molecule has 0 bridgehead atoms. The van der Waals surface area contributed by atoms with Crippen LogP contribution in [0.3, 0.4) is 0 Å². The summed E-state index contributed by atoms with van der Waals surface area (Å²) in [4.78, 5) is 4.90. The van der Waals surface area contributed by atoms with Gasteiger partial charge in [-0.25, -0.2) is 0 Å². The minimum atomic E-state index is 0.118. The monoisotopic (exact) mass is 573 g/mol. The summed E-state index contributed by atoms with van der Waals surface area (Å²) < 4.78 is 0. The van der Waals surface area contributed by atoms with E-state index >= 15 is 0 Å². The molecule has 9 rings (SSSR count). The lowest BCUT2D eigenvalue weighted by molar-refractivity contribution is 0.877. The van der Waals surface area contributed by atoms with Crippen molar-refractivity contribution in [2.45, 2.75) is 12.3 Å². The number of hydrogen-bond donors (Lipinski definition) is 0. The molecule has 2 unspecified atom stereocenters. The van der Waals surface area contributed by atoms with Crippen molar-refractivity contribution >= 4 is 38.8 Å². The van der Waals surface area contributed by atoms with Crippen LogP contribution < -0.4 is 0 Å². The average Bonchev–Trinajstić information content (AvgIpc) is 3.63. The van der Waals surface area contributed by atoms with Crippen LogP contribution in [0.1, 0.15) is 40.2 Å². The molecule has 3 aliphatic carbocycles. The number of fused-ring (bicyclic) bond motifs is 5. The molecule has 0 spiro atoms. The molecular formula is C44H31N. The number of benzene rings is 5. The summed E-state index contributed by atoms with van der Waals surface area (Å²) in [5.74, 6) is 0.440. The first kappa shape index (κ1) is 25.9. The standard InChI is InChI=1S/C44H31N/c1-28-36-13-5-7-15-38(36)41-26-40(31-21-18-30(19-22-31)33-23-20-29-10-2-3-11-32(29)24-33)44(43(28)41)39-16-8-6-14-37(39)35-25-34-12-4-9-17-42(34)45-27-35/h2-24,26-27,34,40H,1,25H2. The van der Waals surface area contributed by atoms with E-state index in [1.54, 1.807) is 0 Å². The Morgan fingerprint density at radius 1 is 0.644 bits per heavy atom. The largest absolute Gasteiger partial charge is 0.260 e. The van der Waals surface area contributed by atoms with Crippen LogP contribution in [0.5, 0.6) is 0 Å². The zero-order valence-electron chi connectivity index (χ0n) is 24.9. The van der Waals surface area contributed by atoms with E-state index in [1.165, 1.54) is 72.0 Å². The van der Waals surface area contributed by atoms with Gasteiger partial charge in [0.25, 0.3) is 0 Å². The Balaban J connectivity index is 1.17. The Morgan fingerprint density at radius 2 is 1.36 bits per heavy atom. The Hall–Kier alpha value is -5.53. The fourth-order valence-corrected chi connectivity index (χ4v) is 7.62. The fourth-order valence-electron chi connectivity index (χ4n) is 7.62. The molecule has 1 nitrogen and oxygen atoms in total. The quantitative estimate of drug-likeness (QED) is 0.203. The highest BCUT2D eigenvalue weighted by Gasteiger charge is 2.37. The lowest BCUT2D eigenvalue weighted by Crippen LogP contribution is -2.16. The highest BCUT2D eigenvalue weighted by molar-refractivity contribution is 6.17. The van der Waals surface area contributed by atoms with Gasteiger partial charge in [-0.1, -0.05) is 140 Å². The number of allylic oxidation sites excluding steroid dienone is 10. The lowest BCUT2D eigenvalue weighted by Gasteiger charge is -2.25. The van der Waals surface area contributed by atoms with Crippen molar-refractivity contribution in [3.05, 3.63) is 192 Å². The number of aliphatic imine (C=N–C) groups is 1. The molecule has 5 aromatic rings. The smallest absolute Gasteiger partial charge is 0.0475 e. The van der Waals surface area contributed by atoms with E-state index in [9.17, 15) is 0 Å². The van der Waals surface area contributed by atoms with Crippen molar-refractivity contribution in [2.75, 3.05) is 0 Å². The van der Waals surface area contributed by atoms with E-state index in [2.05, 4.69) is 158 Å². The molecule has 212 valence electrons. The number of hydrogen-bond acceptors (Lipinski definition) is 1. The molecule has 1 heteroatoms. The fraction of sp³-hybridized carbons (Fsp3) is 0.0682. The predicted molar refractivity (Wildman–Crippen MR) is 191 cm³/mol. The molecule has 45 heavy (non-hydrogen) atoms. The summed E-state index contributed by atoms with van der Waals surface area (Å²) in [7, 11) is 0. The van der Waals surface area contributed by atoms with Gasteiger partial charge in [0.1, 0.15) is 0 Å². The van der Waals surface area contributed by atoms with Gasteiger partial charge in [0.05, 0.1) is 0 Å². The van der Waals surface area contributed by atoms with Gasteiger partial charge in [-0.3, -0.25) is 4.99 Å². The number of rotatable bonds is 4. The third-order valence-electron chi connectivity index (χ3n) is 9.85. The molecule has 1 heterocycles. The van der Waals surface area contributed by atoms with Crippen LogP contribution in [0.15, 0.2) is 169 Å². The molecule has 0 aromatic heterocycles. The van der Waals surface area contributed by atoms with E-state index in [0.717, 1.165) is 17.7 Å². The van der Waals surface area contributed by atoms with E-state index in [4.69, 9.17) is 4.99 Å². The maximum absolute atomic E-state index is 4.90. The van der Waals surface area contributed by atoms with Gasteiger partial charge in [0.15, 0.2) is 0 Å². The third-order valence-corrected chi connectivity index (χ3v) is 9.85. The van der Waals surface area contributed by atoms with Crippen LogP contribution in [0.2, 0.25) is 0 Å². The second kappa shape index (κ2) is 10.3. The van der Waals surface area contributed by atoms with Crippen LogP contribution in [-0.2, 0) is 0 Å². The molecule has 0 saturated heterocycles. The van der Waals surface area contributed by atoms with Crippen molar-refractivity contribution in [1.29, 1.82) is 0 Å². The maximum atomic E-state index is 4.90. The molecule has 5 aromatic carbocycles. The molecule has 4 aliphatic rings. The van der Waals surface area contributed by atoms with Crippen molar-refractivity contribution in [3.63, 3.8) is 0 Å². The highest BCUT2D eigenvalue weighted by atomic mass is 14.7. The van der Waals surface area contributed by atoms with Gasteiger partial charge in [-0.2, -0.15) is 0 Å². The Labute approximate surface area is 264 Å². The van der Waals surface area contributed by atoms with E-state index in [1.807, 2.05) is 0 Å². The number of nitrogens with zero attached hydrogens (tertiary/aromatic N) is 1. The first-order valence-corrected chi connectivity index (χ1v) is 15.8. The molecule has 0 amide bonds. The predicted octanol–water partition coefficient (Wildman–Crippen LogP) is 11.1. The second-order valence-electron chi connectivity index (χ2n) is 12.4. The van der Waals surface area contributed by atoms with Crippen molar-refractivity contribution in [3.8, 4) is 11.1 Å². The van der Waals surface area contributed by atoms with Gasteiger partial charge in [0.2, 0.25) is 0 Å². The summed E-state index contributed by atoms with van der Waals surface area (Å²) in [6.45, 7) is 4.66. The minimum Gasteiger partial charge on any atom is -0.260 e. The molecule has 0 saturated carbocycles. The van der Waals surface area contributed by atoms with Crippen molar-refractivity contribution in [1.82, 2.24) is 0 Å². The first-order valence-electron chi connectivity index (χ1n) is 15.8. The molecule has 0 fully saturated rings. The van der Waals surface area contributed by atoms with Crippen molar-refractivity contribution < 1.29 is 0 Å². The van der Waals surface area contributed by atoms with Crippen LogP contribution >= 0.6 is 0 Å². The second-order valence-corrected chi connectivity index (χ2v) is 12.4. The third kappa shape index (κ3) is 4.19. The molecule has 0 radical (unpaired) electrons. The zero-order chi connectivity index (χ0) is 29.9. The molecule has 1 aliphatic heterocycles. The van der Waals surface area contributed by atoms with Crippen LogP contribution in [0.25, 0.3) is 44.2 Å². The summed E-state index contributed by atoms with van der Waals surface area (Å²) in [5, 5.41) is 2.53. The Bertz CT molecular complexity index is 2250. The van der Waals surface area contributed by atoms with Crippen molar-refractivity contribution in [2.24, 2.45) is 10.9 Å². The minimum absolute atomic E-state index is 0.118. The summed E-state index contributed by atoms with van der Waals surface area (Å²) in [5.41, 5.74) is 16.3. The maximum Gasteiger partial charge on any atom is 0.0475 e. The van der Waals surface area contributed by atoms with Gasteiger partial charge >= 0.3 is 0 Å². The summed E-state index contributed by atoms with van der Waals surface area (Å²) >= 11 is 0. The topological polar surface area (TPSA) is 12.4 Å². The van der Waals surface area contributed by atoms with E-state index < -0.39 is 0 Å². The molecular weight excluding hydrogens is 542 g/mol. The van der Waals surface area contributed by atoms with Gasteiger partial charge in [0, 0.05) is 23.7 Å². The highest BCUT2D eigenvalue weighted by Crippen LogP contribution is 2.57. The zero-order valence-corrected chi connectivity index (χ0v) is 24.9. The normalized spacial score (nSPS) is 19.6. The van der Waals surface area contributed by atoms with Crippen LogP contribution in [0, 0.1) is 5.92 Å². The first-order chi connectivity index (χ1) is 22.2. The Morgan fingerprint density at radius 3 is 2.20 bits per heavy atom. The van der Waals surface area contributed by atoms with Crippen LogP contribution in [-0.4, -0.2) is 5.71 Å². The molecule has 0 N–H and O–H groups in total. The van der Waals surface area contributed by atoms with E-state index in [-0.39, 0.29) is 5.92 Å².